The van der Waals surface area contributed by atoms with E-state index in [1.54, 1.807) is 41.3 Å². The van der Waals surface area contributed by atoms with Crippen LogP contribution in [0.2, 0.25) is 13.1 Å². The number of piperazine rings is 1. The van der Waals surface area contributed by atoms with Crippen LogP contribution >= 0.6 is 0 Å². The van der Waals surface area contributed by atoms with E-state index in [1.807, 2.05) is 62.0 Å². The molecule has 0 radical (unpaired) electrons. The van der Waals surface area contributed by atoms with Gasteiger partial charge in [0.25, 0.3) is 17.4 Å². The monoisotopic (exact) mass is 976 g/mol. The Morgan fingerprint density at radius 3 is 2.27 bits per heavy atom. The highest BCUT2D eigenvalue weighted by Gasteiger charge is 2.41. The Hall–Kier alpha value is -7.79. The van der Waals surface area contributed by atoms with E-state index in [2.05, 4.69) is 46.1 Å². The van der Waals surface area contributed by atoms with Gasteiger partial charge >= 0.3 is 0 Å². The number of aromatic nitrogens is 2. The minimum atomic E-state index is -2.33. The fraction of sp³-hybridized carbons (Fsp3) is 0.296. The Morgan fingerprint density at radius 2 is 1.55 bits per heavy atom. The highest BCUT2D eigenvalue weighted by atomic mass is 28.3. The second kappa shape index (κ2) is 20.7. The van der Waals surface area contributed by atoms with E-state index in [0.717, 1.165) is 38.5 Å². The summed E-state index contributed by atoms with van der Waals surface area (Å²) in [6, 6.07) is 22.1. The highest BCUT2D eigenvalue weighted by molar-refractivity contribution is 6.98. The lowest BCUT2D eigenvalue weighted by atomic mass is 9.86. The van der Waals surface area contributed by atoms with E-state index >= 15 is 4.39 Å². The number of amides is 4. The van der Waals surface area contributed by atoms with E-state index in [0.29, 0.717) is 34.0 Å². The van der Waals surface area contributed by atoms with Crippen molar-refractivity contribution in [2.45, 2.75) is 38.8 Å². The first-order chi connectivity index (χ1) is 33.9. The molecular formula is C54H57FN8O7Si. The summed E-state index contributed by atoms with van der Waals surface area (Å²) in [6.45, 7) is 5.77. The number of fused-ring (bicyclic) bond motifs is 3. The van der Waals surface area contributed by atoms with E-state index in [-0.39, 0.29) is 92.6 Å². The fourth-order valence-corrected chi connectivity index (χ4v) is 12.6. The van der Waals surface area contributed by atoms with Gasteiger partial charge in [0.1, 0.15) is 28.0 Å². The number of anilines is 1. The molecule has 71 heavy (non-hydrogen) atoms. The van der Waals surface area contributed by atoms with Gasteiger partial charge in [0.2, 0.25) is 11.8 Å². The van der Waals surface area contributed by atoms with Crippen molar-refractivity contribution in [1.29, 1.82) is 0 Å². The molecule has 8 rings (SSSR count). The molecule has 3 N–H and O–H groups in total. The Bertz CT molecular complexity index is 3200. The molecule has 1 fully saturated rings. The molecule has 3 heterocycles. The zero-order chi connectivity index (χ0) is 50.7. The first-order valence-corrected chi connectivity index (χ1v) is 26.7. The number of nitrogens with one attached hydrogen (secondary N) is 3. The maximum atomic E-state index is 15.0. The van der Waals surface area contributed by atoms with Crippen LogP contribution in [0.25, 0.3) is 16.3 Å². The minimum absolute atomic E-state index is 0.0332. The molecule has 2 aliphatic heterocycles. The lowest BCUT2D eigenvalue weighted by Gasteiger charge is -2.38. The number of rotatable bonds is 14. The largest absolute Gasteiger partial charge is 0.545 e. The van der Waals surface area contributed by atoms with Gasteiger partial charge in [-0.05, 0) is 93.2 Å². The average molecular weight is 977 g/mol. The Labute approximate surface area is 412 Å². The quantitative estimate of drug-likeness (QED) is 0.0849. The third kappa shape index (κ3) is 10.4. The summed E-state index contributed by atoms with van der Waals surface area (Å²) in [6.07, 6.45) is 7.01. The average Bonchev–Trinajstić information content (AvgIpc) is 3.36. The van der Waals surface area contributed by atoms with E-state index in [1.165, 1.54) is 29.2 Å². The Balaban J connectivity index is 0.830. The number of hydrogen-bond acceptors (Lipinski definition) is 9. The summed E-state index contributed by atoms with van der Waals surface area (Å²) in [5, 5.41) is 28.5. The Morgan fingerprint density at radius 1 is 0.831 bits per heavy atom. The molecule has 4 aromatic carbocycles. The van der Waals surface area contributed by atoms with Crippen molar-refractivity contribution in [3.05, 3.63) is 163 Å². The van der Waals surface area contributed by atoms with Crippen molar-refractivity contribution in [2.75, 3.05) is 72.4 Å². The normalized spacial score (nSPS) is 14.9. The SMILES string of the molecule is CN(C)c1ccc2c(c1)[Si](C)(C)C1=CC(=[N+](C)C)C=CC1=C2c1cc(C(=O)NCCNC(=O)CCCC(=O)N2CCN(C(=O)c3cc(Cc4n[nH]c(=O)c5ccccc45)ccc3F)CC2)ccc1C(=O)[O-]. The number of benzene rings is 4. The van der Waals surface area contributed by atoms with Gasteiger partial charge in [-0.1, -0.05) is 49.5 Å². The number of hydrogen-bond donors (Lipinski definition) is 3. The number of halogens is 1. The van der Waals surface area contributed by atoms with Gasteiger partial charge < -0.3 is 35.2 Å². The summed E-state index contributed by atoms with van der Waals surface area (Å²) in [5.74, 6) is -3.39. The predicted molar refractivity (Wildman–Crippen MR) is 272 cm³/mol. The topological polar surface area (TPSA) is 191 Å². The molecule has 0 spiro atoms. The molecular weight excluding hydrogens is 920 g/mol. The maximum Gasteiger partial charge on any atom is 0.272 e. The van der Waals surface area contributed by atoms with Crippen molar-refractivity contribution < 1.29 is 38.0 Å². The molecule has 15 nitrogen and oxygen atoms in total. The molecule has 1 saturated heterocycles. The van der Waals surface area contributed by atoms with Crippen LogP contribution in [0.15, 0.2) is 113 Å². The zero-order valence-corrected chi connectivity index (χ0v) is 41.8. The van der Waals surface area contributed by atoms with Crippen LogP contribution in [-0.4, -0.2) is 135 Å². The molecule has 366 valence electrons. The standard InChI is InChI=1S/C54H57FN8O7Si/c1-60(2)35-16-19-40-46(31-35)71(5,6)47-32-36(61(3)4)17-20-41(47)50(40)42-30-34(15-18-39(42)54(69)70)51(66)57-23-22-56-48(64)12-9-13-49(65)62-24-26-63(27-25-62)53(68)43-28-33(14-21-44(43)55)29-45-37-10-7-8-11-38(37)52(67)59-58-45/h7-8,10-11,14-21,28,30-32H,9,12-13,22-27,29H2,1-6H3,(H3-,56,57,59,64,66,67,69,70). The Kier molecular flexibility index (Phi) is 14.4. The number of carbonyl (C=O) groups is 5. The summed E-state index contributed by atoms with van der Waals surface area (Å²) in [7, 11) is 5.61. The number of aromatic amines is 1. The maximum absolute atomic E-state index is 15.0. The third-order valence-corrected chi connectivity index (χ3v) is 17.1. The third-order valence-electron chi connectivity index (χ3n) is 13.6. The van der Waals surface area contributed by atoms with Gasteiger partial charge in [0.05, 0.1) is 22.6 Å². The highest BCUT2D eigenvalue weighted by Crippen LogP contribution is 2.43. The van der Waals surface area contributed by atoms with Crippen molar-refractivity contribution in [3.8, 4) is 0 Å². The number of carboxylic acid groups (broad SMARTS) is 1. The van der Waals surface area contributed by atoms with Gasteiger partial charge in [0.15, 0.2) is 5.71 Å². The van der Waals surface area contributed by atoms with Crippen LogP contribution in [0, 0.1) is 5.82 Å². The molecule has 3 aliphatic rings. The smallest absolute Gasteiger partial charge is 0.272 e. The van der Waals surface area contributed by atoms with Crippen LogP contribution in [0.3, 0.4) is 0 Å². The van der Waals surface area contributed by atoms with Crippen molar-refractivity contribution in [1.82, 2.24) is 30.6 Å². The first-order valence-electron chi connectivity index (χ1n) is 23.7. The molecule has 1 aliphatic carbocycles. The van der Waals surface area contributed by atoms with E-state index in [9.17, 15) is 33.9 Å². The molecule has 17 heteroatoms. The molecule has 0 bridgehead atoms. The second-order valence-corrected chi connectivity index (χ2v) is 23.3. The fourth-order valence-electron chi connectivity index (χ4n) is 9.54. The lowest BCUT2D eigenvalue weighted by Crippen LogP contribution is -2.50. The molecule has 1 aromatic heterocycles. The van der Waals surface area contributed by atoms with Crippen molar-refractivity contribution in [3.63, 3.8) is 0 Å². The number of carbonyl (C=O) groups excluding carboxylic acids is 5. The molecule has 5 aromatic rings. The number of nitrogens with zero attached hydrogens (tertiary/aromatic N) is 5. The molecule has 0 saturated carbocycles. The van der Waals surface area contributed by atoms with Gasteiger partial charge in [-0.3, -0.25) is 24.0 Å². The van der Waals surface area contributed by atoms with E-state index in [4.69, 9.17) is 0 Å². The summed E-state index contributed by atoms with van der Waals surface area (Å²) >= 11 is 0. The van der Waals surface area contributed by atoms with Crippen molar-refractivity contribution >= 4 is 70.6 Å². The zero-order valence-electron chi connectivity index (χ0n) is 40.8. The van der Waals surface area contributed by atoms with Gasteiger partial charge in [-0.15, -0.1) is 0 Å². The van der Waals surface area contributed by atoms with Crippen molar-refractivity contribution in [2.24, 2.45) is 0 Å². The van der Waals surface area contributed by atoms with Gasteiger partial charge in [-0.25, -0.2) is 14.1 Å². The lowest BCUT2D eigenvalue weighted by molar-refractivity contribution is -0.462. The van der Waals surface area contributed by atoms with Crippen LogP contribution in [0.1, 0.15) is 72.7 Å². The molecule has 0 unspecified atom stereocenters. The number of aromatic carboxylic acids is 1. The summed E-state index contributed by atoms with van der Waals surface area (Å²) < 4.78 is 17.1. The number of allylic oxidation sites excluding steroid dienone is 5. The second-order valence-electron chi connectivity index (χ2n) is 19.0. The molecule has 0 atom stereocenters. The predicted octanol–water partition coefficient (Wildman–Crippen LogP) is 3.56. The van der Waals surface area contributed by atoms with Gasteiger partial charge in [-0.2, -0.15) is 5.10 Å². The van der Waals surface area contributed by atoms with Crippen LogP contribution < -0.4 is 31.4 Å². The summed E-state index contributed by atoms with van der Waals surface area (Å²) in [4.78, 5) is 83.1. The first kappa shape index (κ1) is 49.6. The van der Waals surface area contributed by atoms with Gasteiger partial charge in [0, 0.05) is 107 Å². The number of H-pyrrole nitrogens is 1. The number of carboxylic acids is 1. The molecule has 4 amide bonds. The summed E-state index contributed by atoms with van der Waals surface area (Å²) in [5.41, 5.74) is 6.05. The van der Waals surface area contributed by atoms with Crippen LogP contribution in [0.4, 0.5) is 10.1 Å². The minimum Gasteiger partial charge on any atom is -0.545 e. The van der Waals surface area contributed by atoms with E-state index < -0.39 is 31.7 Å². The van der Waals surface area contributed by atoms with Crippen LogP contribution in [0.5, 0.6) is 0 Å². The van der Waals surface area contributed by atoms with Crippen LogP contribution in [-0.2, 0) is 16.0 Å².